The van der Waals surface area contributed by atoms with Crippen LogP contribution in [0.15, 0.2) is 0 Å². The van der Waals surface area contributed by atoms with E-state index in [1.54, 1.807) is 0 Å². The number of ether oxygens (including phenoxy) is 1. The molecule has 0 aliphatic rings. The lowest BCUT2D eigenvalue weighted by Crippen LogP contribution is -2.23. The van der Waals surface area contributed by atoms with Crippen LogP contribution in [0.25, 0.3) is 0 Å². The van der Waals surface area contributed by atoms with Gasteiger partial charge in [-0.1, -0.05) is 11.6 Å². The van der Waals surface area contributed by atoms with Crippen molar-refractivity contribution < 1.29 is 18.6 Å². The van der Waals surface area contributed by atoms with Gasteiger partial charge in [-0.25, -0.2) is 4.79 Å². The van der Waals surface area contributed by atoms with Crippen molar-refractivity contribution in [1.29, 1.82) is 0 Å². The lowest BCUT2D eigenvalue weighted by molar-refractivity contribution is -0.139. The highest BCUT2D eigenvalue weighted by Crippen LogP contribution is 2.47. The van der Waals surface area contributed by atoms with Crippen LogP contribution in [-0.4, -0.2) is 23.2 Å². The first-order valence-electron chi connectivity index (χ1n) is 2.59. The van der Waals surface area contributed by atoms with Gasteiger partial charge in [-0.3, -0.25) is 0 Å². The van der Waals surface area contributed by atoms with E-state index in [2.05, 4.69) is 9.26 Å². The van der Waals surface area contributed by atoms with Crippen molar-refractivity contribution in [2.45, 2.75) is 4.07 Å². The highest BCUT2D eigenvalue weighted by atomic mass is 35.5. The standard InChI is InChI=1S/C4H5Cl3O4P/c1-10-3(8)4(6,7)12(9)11-2-5/h2H2,1H3/q+1. The summed E-state index contributed by atoms with van der Waals surface area (Å²) < 4.78 is 17.3. The van der Waals surface area contributed by atoms with Gasteiger partial charge in [0.2, 0.25) is 0 Å². The molecule has 0 spiro atoms. The Hall–Kier alpha value is 0.400. The average Bonchev–Trinajstić information content (AvgIpc) is 2.03. The van der Waals surface area contributed by atoms with Gasteiger partial charge in [0.15, 0.2) is 6.07 Å². The van der Waals surface area contributed by atoms with Gasteiger partial charge in [0, 0.05) is 0 Å². The maximum Gasteiger partial charge on any atom is 0.561 e. The van der Waals surface area contributed by atoms with E-state index in [0.29, 0.717) is 0 Å². The minimum Gasteiger partial charge on any atom is -0.463 e. The van der Waals surface area contributed by atoms with Gasteiger partial charge in [0.25, 0.3) is 0 Å². The van der Waals surface area contributed by atoms with E-state index < -0.39 is 18.1 Å². The summed E-state index contributed by atoms with van der Waals surface area (Å²) in [7, 11) is -1.53. The molecule has 0 saturated carbocycles. The van der Waals surface area contributed by atoms with E-state index in [0.717, 1.165) is 7.11 Å². The second-order valence-electron chi connectivity index (χ2n) is 1.53. The Morgan fingerprint density at radius 2 is 2.08 bits per heavy atom. The number of halogens is 3. The van der Waals surface area contributed by atoms with Crippen LogP contribution in [0.2, 0.25) is 0 Å². The van der Waals surface area contributed by atoms with Crippen molar-refractivity contribution in [3.8, 4) is 0 Å². The molecule has 70 valence electrons. The number of alkyl halides is 3. The molecule has 0 aromatic rings. The van der Waals surface area contributed by atoms with Crippen molar-refractivity contribution in [3.63, 3.8) is 0 Å². The van der Waals surface area contributed by atoms with Crippen LogP contribution in [0.4, 0.5) is 0 Å². The molecular formula is C4H5Cl3O4P+. The average molecular weight is 254 g/mol. The van der Waals surface area contributed by atoms with Crippen LogP contribution in [0, 0.1) is 0 Å². The minimum absolute atomic E-state index is 0.368. The number of carbonyl (C=O) groups is 1. The molecule has 0 radical (unpaired) electrons. The highest BCUT2D eigenvalue weighted by Gasteiger charge is 2.57. The molecule has 0 aliphatic heterocycles. The van der Waals surface area contributed by atoms with Crippen LogP contribution in [-0.2, 0) is 18.6 Å². The van der Waals surface area contributed by atoms with Gasteiger partial charge >= 0.3 is 18.1 Å². The summed E-state index contributed by atoms with van der Waals surface area (Å²) in [4.78, 5) is 10.8. The molecule has 0 heterocycles. The van der Waals surface area contributed by atoms with Crippen molar-refractivity contribution in [3.05, 3.63) is 0 Å². The van der Waals surface area contributed by atoms with Crippen molar-refractivity contribution in [2.75, 3.05) is 13.2 Å². The fourth-order valence-corrected chi connectivity index (χ4v) is 1.53. The number of carbonyl (C=O) groups excluding carboxylic acids is 1. The number of esters is 1. The topological polar surface area (TPSA) is 52.6 Å². The molecule has 4 nitrogen and oxygen atoms in total. The molecule has 0 aliphatic carbocycles. The SMILES string of the molecule is COC(=O)C(Cl)(Cl)[P+](=O)OCCl. The third kappa shape index (κ3) is 3.04. The summed E-state index contributed by atoms with van der Waals surface area (Å²) in [5, 5.41) is 0. The lowest BCUT2D eigenvalue weighted by atomic mass is 10.8. The maximum atomic E-state index is 10.9. The van der Waals surface area contributed by atoms with E-state index >= 15 is 0 Å². The molecule has 1 atom stereocenters. The van der Waals surface area contributed by atoms with Gasteiger partial charge in [-0.2, -0.15) is 0 Å². The minimum atomic E-state index is -2.59. The molecule has 0 aromatic heterocycles. The van der Waals surface area contributed by atoms with E-state index in [-0.39, 0.29) is 6.07 Å². The zero-order valence-corrected chi connectivity index (χ0v) is 9.08. The number of methoxy groups -OCH3 is 1. The van der Waals surface area contributed by atoms with Gasteiger partial charge in [-0.05, 0) is 27.8 Å². The summed E-state index contributed by atoms with van der Waals surface area (Å²) >= 11 is 15.8. The number of hydrogen-bond acceptors (Lipinski definition) is 4. The Labute approximate surface area is 84.9 Å². The van der Waals surface area contributed by atoms with Crippen molar-refractivity contribution in [2.24, 2.45) is 0 Å². The maximum absolute atomic E-state index is 10.9. The summed E-state index contributed by atoms with van der Waals surface area (Å²) in [5.41, 5.74) is 0. The first kappa shape index (κ1) is 12.4. The molecule has 0 fully saturated rings. The van der Waals surface area contributed by atoms with E-state index in [1.807, 2.05) is 0 Å². The summed E-state index contributed by atoms with van der Waals surface area (Å²) in [5.74, 6) is -1.04. The summed E-state index contributed by atoms with van der Waals surface area (Å²) in [6, 6.07) is -0.368. The second-order valence-corrected chi connectivity index (χ2v) is 5.04. The third-order valence-corrected chi connectivity index (χ3v) is 3.23. The lowest BCUT2D eigenvalue weighted by Gasteiger charge is -2.02. The van der Waals surface area contributed by atoms with E-state index in [9.17, 15) is 9.36 Å². The Kier molecular flexibility index (Phi) is 5.37. The first-order chi connectivity index (χ1) is 5.46. The van der Waals surface area contributed by atoms with Crippen LogP contribution in [0.1, 0.15) is 0 Å². The zero-order valence-electron chi connectivity index (χ0n) is 5.92. The van der Waals surface area contributed by atoms with Crippen molar-refractivity contribution >= 4 is 48.8 Å². The Balaban J connectivity index is 4.38. The van der Waals surface area contributed by atoms with E-state index in [1.165, 1.54) is 0 Å². The van der Waals surface area contributed by atoms with Crippen LogP contribution >= 0.6 is 42.8 Å². The van der Waals surface area contributed by atoms with Gasteiger partial charge < -0.3 is 4.74 Å². The molecule has 0 amide bonds. The molecule has 0 aromatic carbocycles. The zero-order chi connectivity index (χ0) is 9.78. The fraction of sp³-hybridized carbons (Fsp3) is 0.750. The summed E-state index contributed by atoms with van der Waals surface area (Å²) in [6.07, 6.45) is 0. The number of rotatable bonds is 4. The third-order valence-electron chi connectivity index (χ3n) is 0.826. The van der Waals surface area contributed by atoms with Crippen LogP contribution < -0.4 is 0 Å². The molecule has 0 saturated heterocycles. The smallest absolute Gasteiger partial charge is 0.463 e. The molecule has 12 heavy (non-hydrogen) atoms. The normalized spacial score (nSPS) is 12.5. The first-order valence-corrected chi connectivity index (χ1v) is 5.06. The van der Waals surface area contributed by atoms with Gasteiger partial charge in [0.1, 0.15) is 0 Å². The predicted octanol–water partition coefficient (Wildman–Crippen LogP) is 2.25. The second kappa shape index (κ2) is 5.20. The molecule has 0 N–H and O–H groups in total. The monoisotopic (exact) mass is 253 g/mol. The Morgan fingerprint density at radius 1 is 1.58 bits per heavy atom. The quantitative estimate of drug-likeness (QED) is 0.438. The molecule has 0 rings (SSSR count). The van der Waals surface area contributed by atoms with Gasteiger partial charge in [-0.15, -0.1) is 4.52 Å². The summed E-state index contributed by atoms with van der Waals surface area (Å²) in [6.45, 7) is 0. The predicted molar refractivity (Wildman–Crippen MR) is 45.9 cm³/mol. The van der Waals surface area contributed by atoms with Gasteiger partial charge in [0.05, 0.1) is 7.11 Å². The van der Waals surface area contributed by atoms with Crippen LogP contribution in [0.3, 0.4) is 0 Å². The number of hydrogen-bond donors (Lipinski definition) is 0. The Morgan fingerprint density at radius 3 is 2.42 bits per heavy atom. The van der Waals surface area contributed by atoms with E-state index in [4.69, 9.17) is 34.8 Å². The van der Waals surface area contributed by atoms with Crippen molar-refractivity contribution in [1.82, 2.24) is 0 Å². The highest BCUT2D eigenvalue weighted by molar-refractivity contribution is 7.48. The molecule has 8 heteroatoms. The molecular weight excluding hydrogens is 249 g/mol. The Bertz CT molecular complexity index is 195. The molecule has 1 unspecified atom stereocenters. The largest absolute Gasteiger partial charge is 0.561 e. The fourth-order valence-electron chi connectivity index (χ4n) is 0.323. The van der Waals surface area contributed by atoms with Crippen LogP contribution in [0.5, 0.6) is 0 Å². The molecule has 0 bridgehead atoms.